The third kappa shape index (κ3) is 9.80. The molecule has 1 aromatic rings. The Morgan fingerprint density at radius 3 is 2.23 bits per heavy atom. The van der Waals surface area contributed by atoms with Crippen molar-refractivity contribution in [2.24, 2.45) is 0 Å². The molecule has 1 aliphatic rings. The quantitative estimate of drug-likeness (QED) is 0.368. The largest absolute Gasteiger partial charge is 0.378 e. The Morgan fingerprint density at radius 1 is 1.00 bits per heavy atom. The van der Waals surface area contributed by atoms with Crippen molar-refractivity contribution in [3.63, 3.8) is 0 Å². The monoisotopic (exact) mass is 447 g/mol. The highest BCUT2D eigenvalue weighted by Gasteiger charge is 2.23. The van der Waals surface area contributed by atoms with Crippen LogP contribution in [0.4, 0.5) is 0 Å². The van der Waals surface area contributed by atoms with Crippen LogP contribution < -0.4 is 5.32 Å². The number of hydrogen-bond acceptors (Lipinski definition) is 9. The molecule has 1 aromatic heterocycles. The summed E-state index contributed by atoms with van der Waals surface area (Å²) < 4.78 is 41.5. The van der Waals surface area contributed by atoms with Crippen LogP contribution >= 0.6 is 0 Å². The Kier molecular flexibility index (Phi) is 11.2. The summed E-state index contributed by atoms with van der Waals surface area (Å²) in [5.41, 5.74) is 1.88. The topological polar surface area (TPSA) is 108 Å². The van der Waals surface area contributed by atoms with Crippen LogP contribution in [0.3, 0.4) is 0 Å². The maximum Gasteiger partial charge on any atom is 0.152 e. The average molecular weight is 448 g/mol. The van der Waals surface area contributed by atoms with Crippen molar-refractivity contribution in [3.05, 3.63) is 11.4 Å². The fraction of sp³-hybridized carbons (Fsp3) is 0.895. The second kappa shape index (κ2) is 13.3. The minimum Gasteiger partial charge on any atom is -0.378 e. The Balaban J connectivity index is 1.50. The summed E-state index contributed by atoms with van der Waals surface area (Å²) in [6, 6.07) is 0.478. The predicted molar refractivity (Wildman–Crippen MR) is 114 cm³/mol. The molecule has 0 unspecified atom stereocenters. The third-order valence-corrected chi connectivity index (χ3v) is 6.49. The molecule has 30 heavy (non-hydrogen) atoms. The third-order valence-electron chi connectivity index (χ3n) is 4.88. The van der Waals surface area contributed by atoms with E-state index in [0.717, 1.165) is 17.9 Å². The maximum atomic E-state index is 11.5. The lowest BCUT2D eigenvalue weighted by Gasteiger charge is -2.25. The summed E-state index contributed by atoms with van der Waals surface area (Å²) in [6.45, 7) is 12.8. The molecule has 0 bridgehead atoms. The van der Waals surface area contributed by atoms with Gasteiger partial charge in [0.05, 0.1) is 69.1 Å². The van der Waals surface area contributed by atoms with E-state index in [0.29, 0.717) is 71.9 Å². The molecule has 0 saturated carbocycles. The Labute approximate surface area is 180 Å². The van der Waals surface area contributed by atoms with E-state index in [2.05, 4.69) is 34.4 Å². The van der Waals surface area contributed by atoms with Gasteiger partial charge in [0.1, 0.15) is 0 Å². The normalized spacial score (nSPS) is 17.1. The lowest BCUT2D eigenvalue weighted by molar-refractivity contribution is 0.0130. The van der Waals surface area contributed by atoms with E-state index >= 15 is 0 Å². The van der Waals surface area contributed by atoms with Crippen molar-refractivity contribution in [3.8, 4) is 0 Å². The van der Waals surface area contributed by atoms with Gasteiger partial charge < -0.3 is 19.5 Å². The standard InChI is InChI=1S/C19H37N5O5S/c1-17(2)20-4-8-27-10-12-29-13-11-28-9-5-24-18(3)19(21-22-24)16-23-6-14-30(25,26)15-7-23/h17,20H,4-16H2,1-3H3. The van der Waals surface area contributed by atoms with Gasteiger partial charge in [-0.15, -0.1) is 5.10 Å². The number of nitrogens with one attached hydrogen (secondary N) is 1. The van der Waals surface area contributed by atoms with Crippen molar-refractivity contribution in [2.45, 2.75) is 39.9 Å². The molecule has 2 rings (SSSR count). The van der Waals surface area contributed by atoms with Gasteiger partial charge in [-0.3, -0.25) is 4.90 Å². The van der Waals surface area contributed by atoms with Gasteiger partial charge in [0.2, 0.25) is 0 Å². The zero-order valence-corrected chi connectivity index (χ0v) is 19.3. The van der Waals surface area contributed by atoms with Gasteiger partial charge >= 0.3 is 0 Å². The first kappa shape index (κ1) is 25.2. The van der Waals surface area contributed by atoms with Gasteiger partial charge in [-0.25, -0.2) is 13.1 Å². The highest BCUT2D eigenvalue weighted by atomic mass is 32.2. The van der Waals surface area contributed by atoms with E-state index in [9.17, 15) is 8.42 Å². The summed E-state index contributed by atoms with van der Waals surface area (Å²) in [5.74, 6) is 0.440. The first-order valence-corrected chi connectivity index (χ1v) is 12.5. The van der Waals surface area contributed by atoms with Crippen LogP contribution in [0.1, 0.15) is 25.2 Å². The molecule has 1 fully saturated rings. The number of nitrogens with zero attached hydrogens (tertiary/aromatic N) is 4. The lowest BCUT2D eigenvalue weighted by atomic mass is 10.3. The van der Waals surface area contributed by atoms with Crippen LogP contribution in [0.2, 0.25) is 0 Å². The SMILES string of the molecule is Cc1c(CN2CCS(=O)(=O)CC2)nnn1CCOCCOCCOCCNC(C)C. The lowest BCUT2D eigenvalue weighted by Crippen LogP contribution is -2.39. The first-order valence-electron chi connectivity index (χ1n) is 10.7. The van der Waals surface area contributed by atoms with Gasteiger partial charge in [0.15, 0.2) is 9.84 Å². The van der Waals surface area contributed by atoms with E-state index < -0.39 is 9.84 Å². The number of ether oxygens (including phenoxy) is 3. The molecule has 0 atom stereocenters. The molecule has 0 aliphatic carbocycles. The molecular weight excluding hydrogens is 410 g/mol. The van der Waals surface area contributed by atoms with E-state index in [4.69, 9.17) is 14.2 Å². The molecule has 1 saturated heterocycles. The zero-order chi connectivity index (χ0) is 21.8. The Hall–Kier alpha value is -1.11. The summed E-state index contributed by atoms with van der Waals surface area (Å²) >= 11 is 0. The van der Waals surface area contributed by atoms with Gasteiger partial charge in [-0.05, 0) is 6.92 Å². The van der Waals surface area contributed by atoms with Crippen LogP contribution in [0.5, 0.6) is 0 Å². The minimum atomic E-state index is -2.86. The van der Waals surface area contributed by atoms with E-state index in [1.165, 1.54) is 0 Å². The summed E-state index contributed by atoms with van der Waals surface area (Å²) in [5, 5.41) is 11.7. The predicted octanol–water partition coefficient (Wildman–Crippen LogP) is -0.135. The summed E-state index contributed by atoms with van der Waals surface area (Å²) in [4.78, 5) is 2.11. The smallest absolute Gasteiger partial charge is 0.152 e. The van der Waals surface area contributed by atoms with Gasteiger partial charge in [0.25, 0.3) is 0 Å². The molecule has 174 valence electrons. The van der Waals surface area contributed by atoms with Crippen LogP contribution in [0.15, 0.2) is 0 Å². The molecule has 11 heteroatoms. The van der Waals surface area contributed by atoms with Crippen molar-refractivity contribution in [1.82, 2.24) is 25.2 Å². The van der Waals surface area contributed by atoms with Gasteiger partial charge in [-0.1, -0.05) is 19.1 Å². The van der Waals surface area contributed by atoms with E-state index in [-0.39, 0.29) is 11.5 Å². The van der Waals surface area contributed by atoms with Crippen LogP contribution in [0, 0.1) is 6.92 Å². The minimum absolute atomic E-state index is 0.220. The molecule has 0 spiro atoms. The highest BCUT2D eigenvalue weighted by molar-refractivity contribution is 7.91. The molecular formula is C19H37N5O5S. The van der Waals surface area contributed by atoms with E-state index in [1.54, 1.807) is 0 Å². The van der Waals surface area contributed by atoms with Crippen molar-refractivity contribution < 1.29 is 22.6 Å². The number of hydrogen-bond donors (Lipinski definition) is 1. The average Bonchev–Trinajstić information content (AvgIpc) is 3.03. The number of sulfone groups is 1. The molecule has 1 N–H and O–H groups in total. The van der Waals surface area contributed by atoms with Crippen molar-refractivity contribution >= 4 is 9.84 Å². The Morgan fingerprint density at radius 2 is 1.60 bits per heavy atom. The summed E-state index contributed by atoms with van der Waals surface area (Å²) in [7, 11) is -2.86. The summed E-state index contributed by atoms with van der Waals surface area (Å²) in [6.07, 6.45) is 0. The molecule has 0 aromatic carbocycles. The maximum absolute atomic E-state index is 11.5. The Bertz CT molecular complexity index is 696. The second-order valence-electron chi connectivity index (χ2n) is 7.72. The second-order valence-corrected chi connectivity index (χ2v) is 10.0. The molecule has 0 radical (unpaired) electrons. The molecule has 2 heterocycles. The molecule has 1 aliphatic heterocycles. The van der Waals surface area contributed by atoms with Gasteiger partial charge in [-0.2, -0.15) is 0 Å². The molecule has 0 amide bonds. The van der Waals surface area contributed by atoms with Crippen LogP contribution in [-0.2, 0) is 37.1 Å². The first-order chi connectivity index (χ1) is 14.4. The number of rotatable bonds is 15. The zero-order valence-electron chi connectivity index (χ0n) is 18.5. The fourth-order valence-electron chi connectivity index (χ4n) is 2.99. The van der Waals surface area contributed by atoms with E-state index in [1.807, 2.05) is 11.6 Å². The highest BCUT2D eigenvalue weighted by Crippen LogP contribution is 2.11. The van der Waals surface area contributed by atoms with Crippen LogP contribution in [0.25, 0.3) is 0 Å². The van der Waals surface area contributed by atoms with Crippen LogP contribution in [-0.4, -0.2) is 105 Å². The fourth-order valence-corrected chi connectivity index (χ4v) is 4.26. The van der Waals surface area contributed by atoms with Crippen molar-refractivity contribution in [1.29, 1.82) is 0 Å². The van der Waals surface area contributed by atoms with Crippen molar-refractivity contribution in [2.75, 3.05) is 70.8 Å². The molecule has 10 nitrogen and oxygen atoms in total. The van der Waals surface area contributed by atoms with Gasteiger partial charge in [0, 0.05) is 32.2 Å². The number of aromatic nitrogens is 3.